The molecular weight excluding hydrogens is 370 g/mol. The largest absolute Gasteiger partial charge is 0.391 e. The van der Waals surface area contributed by atoms with Gasteiger partial charge in [-0.3, -0.25) is 10.7 Å². The molecule has 0 radical (unpaired) electrons. The summed E-state index contributed by atoms with van der Waals surface area (Å²) in [7, 11) is 1.56. The average Bonchev–Trinajstić information content (AvgIpc) is 2.74. The quantitative estimate of drug-likeness (QED) is 0.336. The minimum atomic E-state index is -0.446. The van der Waals surface area contributed by atoms with Crippen LogP contribution in [0.15, 0.2) is 36.7 Å². The molecule has 154 valence electrons. The number of carbonyl (C=O) groups excluding carboxylic acids is 1. The standard InChI is InChI=1S/C20H27N7O2/c1-22-18(21)27-20(29)25-10-13-5-4-6-14(9-13)15-11-23-19(24-12-15)26-16-7-2-3-8-17(16)28/h4-6,9,11-12,16-17,28H,2-3,7-8,10H2,1H3,(H,23,24,26)(H4,21,22,25,27,29). The first-order chi connectivity index (χ1) is 14.0. The lowest BCUT2D eigenvalue weighted by molar-refractivity contribution is 0.116. The summed E-state index contributed by atoms with van der Waals surface area (Å²) < 4.78 is 0. The zero-order valence-electron chi connectivity index (χ0n) is 16.4. The molecule has 1 aliphatic rings. The maximum Gasteiger partial charge on any atom is 0.321 e. The predicted octanol–water partition coefficient (Wildman–Crippen LogP) is 1.81. The topological polar surface area (TPSA) is 135 Å². The van der Waals surface area contributed by atoms with E-state index in [4.69, 9.17) is 5.41 Å². The minimum absolute atomic E-state index is 0.000427. The molecule has 29 heavy (non-hydrogen) atoms. The van der Waals surface area contributed by atoms with E-state index in [1.165, 1.54) is 0 Å². The second-order valence-corrected chi connectivity index (χ2v) is 7.03. The highest BCUT2D eigenvalue weighted by molar-refractivity contribution is 5.94. The van der Waals surface area contributed by atoms with Crippen LogP contribution in [0, 0.1) is 5.41 Å². The third-order valence-electron chi connectivity index (χ3n) is 4.90. The molecule has 2 aromatic rings. The maximum absolute atomic E-state index is 11.7. The fourth-order valence-electron chi connectivity index (χ4n) is 3.26. The van der Waals surface area contributed by atoms with Gasteiger partial charge in [0.2, 0.25) is 5.95 Å². The number of carbonyl (C=O) groups is 1. The number of rotatable bonds is 5. The van der Waals surface area contributed by atoms with Crippen molar-refractivity contribution in [2.45, 2.75) is 44.4 Å². The number of benzene rings is 1. The minimum Gasteiger partial charge on any atom is -0.391 e. The van der Waals surface area contributed by atoms with Gasteiger partial charge in [0, 0.05) is 31.5 Å². The summed E-state index contributed by atoms with van der Waals surface area (Å²) in [6.45, 7) is 0.330. The predicted molar refractivity (Wildman–Crippen MR) is 112 cm³/mol. The fourth-order valence-corrected chi connectivity index (χ4v) is 3.26. The summed E-state index contributed by atoms with van der Waals surface area (Å²) in [6, 6.07) is 7.29. The number of aliphatic hydroxyl groups excluding tert-OH is 1. The fraction of sp³-hybridized carbons (Fsp3) is 0.400. The third kappa shape index (κ3) is 5.89. The summed E-state index contributed by atoms with van der Waals surface area (Å²) >= 11 is 0. The zero-order chi connectivity index (χ0) is 20.6. The number of aromatic nitrogens is 2. The van der Waals surface area contributed by atoms with Crippen molar-refractivity contribution < 1.29 is 9.90 Å². The molecule has 1 aliphatic carbocycles. The molecule has 0 saturated heterocycles. The molecule has 9 heteroatoms. The van der Waals surface area contributed by atoms with Gasteiger partial charge < -0.3 is 21.1 Å². The van der Waals surface area contributed by atoms with Crippen molar-refractivity contribution in [2.24, 2.45) is 0 Å². The number of urea groups is 1. The lowest BCUT2D eigenvalue weighted by Crippen LogP contribution is -2.43. The molecule has 1 aromatic carbocycles. The molecule has 6 N–H and O–H groups in total. The molecule has 0 aliphatic heterocycles. The Kier molecular flexibility index (Phi) is 6.96. The van der Waals surface area contributed by atoms with Gasteiger partial charge in [-0.15, -0.1) is 0 Å². The van der Waals surface area contributed by atoms with Crippen LogP contribution >= 0.6 is 0 Å². The van der Waals surface area contributed by atoms with E-state index in [-0.39, 0.29) is 18.1 Å². The molecule has 1 heterocycles. The zero-order valence-corrected chi connectivity index (χ0v) is 16.4. The summed E-state index contributed by atoms with van der Waals surface area (Å²) in [5.74, 6) is 0.448. The molecule has 1 aromatic heterocycles. The van der Waals surface area contributed by atoms with Crippen LogP contribution in [0.1, 0.15) is 31.2 Å². The number of anilines is 1. The van der Waals surface area contributed by atoms with Gasteiger partial charge in [0.25, 0.3) is 0 Å². The summed E-state index contributed by atoms with van der Waals surface area (Å²) in [4.78, 5) is 20.5. The molecular formula is C20H27N7O2. The van der Waals surface area contributed by atoms with Gasteiger partial charge in [-0.05, 0) is 30.0 Å². The normalized spacial score (nSPS) is 18.6. The first-order valence-electron chi connectivity index (χ1n) is 9.72. The van der Waals surface area contributed by atoms with Crippen LogP contribution in [0.4, 0.5) is 10.7 Å². The van der Waals surface area contributed by atoms with Crippen LogP contribution in [-0.4, -0.2) is 46.3 Å². The van der Waals surface area contributed by atoms with Gasteiger partial charge in [0.1, 0.15) is 0 Å². The first kappa shape index (κ1) is 20.5. The monoisotopic (exact) mass is 397 g/mol. The molecule has 2 amide bonds. The van der Waals surface area contributed by atoms with Crippen molar-refractivity contribution in [3.05, 3.63) is 42.2 Å². The van der Waals surface area contributed by atoms with Crippen molar-refractivity contribution in [1.82, 2.24) is 25.9 Å². The van der Waals surface area contributed by atoms with Gasteiger partial charge in [-0.1, -0.05) is 31.0 Å². The van der Waals surface area contributed by atoms with Crippen LogP contribution in [0.2, 0.25) is 0 Å². The Bertz CT molecular complexity index is 841. The number of aliphatic hydroxyl groups is 1. The lowest BCUT2D eigenvalue weighted by atomic mass is 9.93. The Labute approximate surface area is 169 Å². The lowest BCUT2D eigenvalue weighted by Gasteiger charge is -2.28. The number of hydrogen-bond acceptors (Lipinski definition) is 6. The smallest absolute Gasteiger partial charge is 0.321 e. The Balaban J connectivity index is 1.59. The highest BCUT2D eigenvalue weighted by Gasteiger charge is 2.23. The Morgan fingerprint density at radius 1 is 1.21 bits per heavy atom. The summed E-state index contributed by atoms with van der Waals surface area (Å²) in [5, 5.41) is 28.3. The van der Waals surface area contributed by atoms with E-state index in [1.54, 1.807) is 19.4 Å². The number of guanidine groups is 1. The number of nitrogens with zero attached hydrogens (tertiary/aromatic N) is 2. The van der Waals surface area contributed by atoms with Crippen molar-refractivity contribution in [1.29, 1.82) is 5.41 Å². The Morgan fingerprint density at radius 2 is 1.97 bits per heavy atom. The van der Waals surface area contributed by atoms with Gasteiger partial charge >= 0.3 is 6.03 Å². The molecule has 2 atom stereocenters. The molecule has 1 saturated carbocycles. The molecule has 1 fully saturated rings. The second kappa shape index (κ2) is 9.83. The highest BCUT2D eigenvalue weighted by atomic mass is 16.3. The maximum atomic E-state index is 11.7. The van der Waals surface area contributed by atoms with Gasteiger partial charge in [0.05, 0.1) is 12.1 Å². The van der Waals surface area contributed by atoms with Crippen LogP contribution in [0.3, 0.4) is 0 Å². The van der Waals surface area contributed by atoms with Crippen LogP contribution < -0.4 is 21.3 Å². The first-order valence-corrected chi connectivity index (χ1v) is 9.72. The van der Waals surface area contributed by atoms with E-state index >= 15 is 0 Å². The summed E-state index contributed by atoms with van der Waals surface area (Å²) in [5.41, 5.74) is 2.72. The van der Waals surface area contributed by atoms with E-state index in [1.807, 2.05) is 24.3 Å². The molecule has 2 unspecified atom stereocenters. The van der Waals surface area contributed by atoms with E-state index in [2.05, 4.69) is 31.2 Å². The molecule has 0 bridgehead atoms. The molecule has 3 rings (SSSR count). The SMILES string of the molecule is CNC(=N)NC(=O)NCc1cccc(-c2cnc(NC3CCCCC3O)nc2)c1. The second-order valence-electron chi connectivity index (χ2n) is 7.03. The van der Waals surface area contributed by atoms with E-state index in [9.17, 15) is 9.90 Å². The van der Waals surface area contributed by atoms with Crippen molar-refractivity contribution in [3.8, 4) is 11.1 Å². The number of hydrogen-bond donors (Lipinski definition) is 6. The van der Waals surface area contributed by atoms with E-state index in [0.717, 1.165) is 42.4 Å². The highest BCUT2D eigenvalue weighted by Crippen LogP contribution is 2.23. The third-order valence-corrected chi connectivity index (χ3v) is 4.90. The van der Waals surface area contributed by atoms with Crippen LogP contribution in [0.5, 0.6) is 0 Å². The Morgan fingerprint density at radius 3 is 2.69 bits per heavy atom. The van der Waals surface area contributed by atoms with Crippen molar-refractivity contribution >= 4 is 17.9 Å². The van der Waals surface area contributed by atoms with Crippen molar-refractivity contribution in [3.63, 3.8) is 0 Å². The summed E-state index contributed by atoms with van der Waals surface area (Å²) in [6.07, 6.45) is 7.03. The Hall–Kier alpha value is -3.20. The van der Waals surface area contributed by atoms with Gasteiger partial charge in [-0.25, -0.2) is 14.8 Å². The molecule has 9 nitrogen and oxygen atoms in total. The van der Waals surface area contributed by atoms with E-state index in [0.29, 0.717) is 12.5 Å². The van der Waals surface area contributed by atoms with Gasteiger partial charge in [0.15, 0.2) is 5.96 Å². The molecule has 0 spiro atoms. The van der Waals surface area contributed by atoms with Gasteiger partial charge in [-0.2, -0.15) is 0 Å². The number of nitrogens with one attached hydrogen (secondary N) is 5. The number of amides is 2. The van der Waals surface area contributed by atoms with Crippen molar-refractivity contribution in [2.75, 3.05) is 12.4 Å². The van der Waals surface area contributed by atoms with E-state index < -0.39 is 6.03 Å². The van der Waals surface area contributed by atoms with Crippen LogP contribution in [0.25, 0.3) is 11.1 Å². The van der Waals surface area contributed by atoms with Crippen LogP contribution in [-0.2, 0) is 6.54 Å². The average molecular weight is 397 g/mol.